The van der Waals surface area contributed by atoms with Gasteiger partial charge in [0, 0.05) is 5.56 Å². The Hall–Kier alpha value is -2.69. The van der Waals surface area contributed by atoms with E-state index in [9.17, 15) is 14.0 Å². The van der Waals surface area contributed by atoms with E-state index in [1.165, 1.54) is 18.2 Å². The molecule has 0 heterocycles. The van der Waals surface area contributed by atoms with Crippen LogP contribution in [0, 0.1) is 5.82 Å². The lowest BCUT2D eigenvalue weighted by atomic mass is 10.0. The highest BCUT2D eigenvalue weighted by atomic mass is 19.1. The number of rotatable bonds is 7. The summed E-state index contributed by atoms with van der Waals surface area (Å²) in [7, 11) is 0. The Labute approximate surface area is 134 Å². The van der Waals surface area contributed by atoms with Gasteiger partial charge in [-0.25, -0.2) is 4.39 Å². The minimum Gasteiger partial charge on any atom is -0.368 e. The van der Waals surface area contributed by atoms with Crippen LogP contribution in [0.15, 0.2) is 54.6 Å². The van der Waals surface area contributed by atoms with Gasteiger partial charge in [0.05, 0.1) is 0 Å². The standard InChI is InChI=1S/C18H19FN2O2/c19-15-10-5-9-14(12-15)18(23)21-16(17(20)22)11-4-8-13-6-2-1-3-7-13/h1-3,5-7,9-10,12,16H,4,8,11H2,(H2,20,22)(H,21,23)/t16-/m1/s1. The molecule has 23 heavy (non-hydrogen) atoms. The average molecular weight is 314 g/mol. The second-order valence-electron chi connectivity index (χ2n) is 5.32. The molecule has 0 saturated carbocycles. The summed E-state index contributed by atoms with van der Waals surface area (Å²) in [4.78, 5) is 23.6. The summed E-state index contributed by atoms with van der Waals surface area (Å²) in [5.41, 5.74) is 6.67. The van der Waals surface area contributed by atoms with Gasteiger partial charge < -0.3 is 11.1 Å². The van der Waals surface area contributed by atoms with E-state index in [4.69, 9.17) is 5.73 Å². The minimum absolute atomic E-state index is 0.166. The fraction of sp³-hybridized carbons (Fsp3) is 0.222. The maximum Gasteiger partial charge on any atom is 0.252 e. The Balaban J connectivity index is 1.91. The number of hydrogen-bond acceptors (Lipinski definition) is 2. The predicted octanol–water partition coefficient (Wildman–Crippen LogP) is 2.43. The van der Waals surface area contributed by atoms with Gasteiger partial charge in [0.1, 0.15) is 11.9 Å². The van der Waals surface area contributed by atoms with Crippen LogP contribution in [-0.4, -0.2) is 17.9 Å². The molecule has 2 aromatic rings. The van der Waals surface area contributed by atoms with Crippen LogP contribution in [-0.2, 0) is 11.2 Å². The number of hydrogen-bond donors (Lipinski definition) is 2. The van der Waals surface area contributed by atoms with Crippen LogP contribution < -0.4 is 11.1 Å². The molecule has 3 N–H and O–H groups in total. The summed E-state index contributed by atoms with van der Waals surface area (Å²) in [6, 6.07) is 14.4. The second-order valence-corrected chi connectivity index (χ2v) is 5.32. The number of benzene rings is 2. The molecule has 2 rings (SSSR count). The molecule has 4 nitrogen and oxygen atoms in total. The first kappa shape index (κ1) is 16.7. The molecule has 0 aliphatic rings. The zero-order chi connectivity index (χ0) is 16.7. The lowest BCUT2D eigenvalue weighted by Crippen LogP contribution is -2.44. The van der Waals surface area contributed by atoms with Crippen LogP contribution in [0.5, 0.6) is 0 Å². The number of aryl methyl sites for hydroxylation is 1. The highest BCUT2D eigenvalue weighted by Gasteiger charge is 2.18. The summed E-state index contributed by atoms with van der Waals surface area (Å²) in [5.74, 6) is -1.60. The van der Waals surface area contributed by atoms with E-state index in [1.807, 2.05) is 30.3 Å². The third-order valence-corrected chi connectivity index (χ3v) is 3.54. The van der Waals surface area contributed by atoms with Gasteiger partial charge in [-0.05, 0) is 43.0 Å². The van der Waals surface area contributed by atoms with Crippen molar-refractivity contribution in [2.45, 2.75) is 25.3 Å². The normalized spacial score (nSPS) is 11.7. The SMILES string of the molecule is NC(=O)[C@@H](CCCc1ccccc1)NC(=O)c1cccc(F)c1. The highest BCUT2D eigenvalue weighted by Crippen LogP contribution is 2.08. The van der Waals surface area contributed by atoms with Crippen LogP contribution in [0.1, 0.15) is 28.8 Å². The molecule has 0 saturated heterocycles. The van der Waals surface area contributed by atoms with E-state index in [1.54, 1.807) is 0 Å². The molecule has 0 spiro atoms. The maximum absolute atomic E-state index is 13.1. The average Bonchev–Trinajstić information content (AvgIpc) is 2.54. The van der Waals surface area contributed by atoms with E-state index >= 15 is 0 Å². The van der Waals surface area contributed by atoms with Crippen molar-refractivity contribution in [2.75, 3.05) is 0 Å². The third kappa shape index (κ3) is 5.21. The van der Waals surface area contributed by atoms with Crippen LogP contribution in [0.3, 0.4) is 0 Å². The first-order valence-corrected chi connectivity index (χ1v) is 7.46. The highest BCUT2D eigenvalue weighted by molar-refractivity contribution is 5.97. The molecule has 0 bridgehead atoms. The molecule has 1 atom stereocenters. The molecule has 120 valence electrons. The first-order valence-electron chi connectivity index (χ1n) is 7.46. The molecule has 2 amide bonds. The van der Waals surface area contributed by atoms with Gasteiger partial charge in [-0.1, -0.05) is 36.4 Å². The summed E-state index contributed by atoms with van der Waals surface area (Å²) in [5, 5.41) is 2.57. The lowest BCUT2D eigenvalue weighted by molar-refractivity contribution is -0.120. The lowest BCUT2D eigenvalue weighted by Gasteiger charge is -2.15. The second kappa shape index (κ2) is 8.08. The maximum atomic E-state index is 13.1. The van der Waals surface area contributed by atoms with E-state index in [-0.39, 0.29) is 5.56 Å². The summed E-state index contributed by atoms with van der Waals surface area (Å²) >= 11 is 0. The summed E-state index contributed by atoms with van der Waals surface area (Å²) < 4.78 is 13.1. The molecule has 0 radical (unpaired) electrons. The van der Waals surface area contributed by atoms with Crippen molar-refractivity contribution in [1.82, 2.24) is 5.32 Å². The fourth-order valence-electron chi connectivity index (χ4n) is 2.31. The number of carbonyl (C=O) groups is 2. The summed E-state index contributed by atoms with van der Waals surface area (Å²) in [6.07, 6.45) is 1.94. The van der Waals surface area contributed by atoms with Crippen LogP contribution in [0.4, 0.5) is 4.39 Å². The van der Waals surface area contributed by atoms with Crippen molar-refractivity contribution in [1.29, 1.82) is 0 Å². The Morgan fingerprint density at radius 3 is 2.48 bits per heavy atom. The molecule has 2 aromatic carbocycles. The Morgan fingerprint density at radius 1 is 1.09 bits per heavy atom. The van der Waals surface area contributed by atoms with Gasteiger partial charge in [0.15, 0.2) is 0 Å². The van der Waals surface area contributed by atoms with E-state index in [0.717, 1.165) is 18.1 Å². The van der Waals surface area contributed by atoms with Gasteiger partial charge in [-0.3, -0.25) is 9.59 Å². The quantitative estimate of drug-likeness (QED) is 0.824. The monoisotopic (exact) mass is 314 g/mol. The predicted molar refractivity (Wildman–Crippen MR) is 86.2 cm³/mol. The Kier molecular flexibility index (Phi) is 5.86. The largest absolute Gasteiger partial charge is 0.368 e. The van der Waals surface area contributed by atoms with Gasteiger partial charge in [-0.2, -0.15) is 0 Å². The van der Waals surface area contributed by atoms with Crippen molar-refractivity contribution in [3.63, 3.8) is 0 Å². The number of primary amides is 1. The Morgan fingerprint density at radius 2 is 1.83 bits per heavy atom. The molecular formula is C18H19FN2O2. The molecule has 5 heteroatoms. The molecule has 0 aliphatic heterocycles. The van der Waals surface area contributed by atoms with Crippen molar-refractivity contribution >= 4 is 11.8 Å². The van der Waals surface area contributed by atoms with Crippen molar-refractivity contribution in [2.24, 2.45) is 5.73 Å². The third-order valence-electron chi connectivity index (χ3n) is 3.54. The van der Waals surface area contributed by atoms with Crippen molar-refractivity contribution in [3.05, 3.63) is 71.5 Å². The molecule has 0 unspecified atom stereocenters. The zero-order valence-corrected chi connectivity index (χ0v) is 12.7. The number of nitrogens with one attached hydrogen (secondary N) is 1. The molecule has 0 aromatic heterocycles. The first-order chi connectivity index (χ1) is 11.1. The minimum atomic E-state index is -0.769. The van der Waals surface area contributed by atoms with Crippen LogP contribution >= 0.6 is 0 Å². The van der Waals surface area contributed by atoms with Gasteiger partial charge in [0.25, 0.3) is 5.91 Å². The van der Waals surface area contributed by atoms with Gasteiger partial charge in [0.2, 0.25) is 5.91 Å². The smallest absolute Gasteiger partial charge is 0.252 e. The zero-order valence-electron chi connectivity index (χ0n) is 12.7. The fourth-order valence-corrected chi connectivity index (χ4v) is 2.31. The summed E-state index contributed by atoms with van der Waals surface area (Å²) in [6.45, 7) is 0. The molecule has 0 fully saturated rings. The van der Waals surface area contributed by atoms with Gasteiger partial charge in [-0.15, -0.1) is 0 Å². The van der Waals surface area contributed by atoms with Gasteiger partial charge >= 0.3 is 0 Å². The molecule has 0 aliphatic carbocycles. The topological polar surface area (TPSA) is 72.2 Å². The van der Waals surface area contributed by atoms with Crippen LogP contribution in [0.25, 0.3) is 0 Å². The number of carbonyl (C=O) groups excluding carboxylic acids is 2. The van der Waals surface area contributed by atoms with Crippen molar-refractivity contribution in [3.8, 4) is 0 Å². The van der Waals surface area contributed by atoms with E-state index in [2.05, 4.69) is 5.32 Å². The Bertz CT molecular complexity index is 674. The van der Waals surface area contributed by atoms with Crippen molar-refractivity contribution < 1.29 is 14.0 Å². The number of halogens is 1. The van der Waals surface area contributed by atoms with E-state index in [0.29, 0.717) is 12.8 Å². The molecular weight excluding hydrogens is 295 g/mol. The van der Waals surface area contributed by atoms with E-state index < -0.39 is 23.7 Å². The van der Waals surface area contributed by atoms with Crippen LogP contribution in [0.2, 0.25) is 0 Å². The number of amides is 2. The number of nitrogens with two attached hydrogens (primary N) is 1.